The molecule has 0 bridgehead atoms. The molecule has 1 amide bonds. The Kier molecular flexibility index (Phi) is 7.76. The topological polar surface area (TPSA) is 101 Å². The summed E-state index contributed by atoms with van der Waals surface area (Å²) in [6.07, 6.45) is 1.19. The zero-order chi connectivity index (χ0) is 27.6. The van der Waals surface area contributed by atoms with E-state index in [9.17, 15) is 13.2 Å². The van der Waals surface area contributed by atoms with Crippen LogP contribution in [0.15, 0.2) is 82.8 Å². The number of carbonyl (C=O) groups excluding carboxylic acids is 1. The van der Waals surface area contributed by atoms with Crippen LogP contribution in [-0.2, 0) is 14.8 Å². The van der Waals surface area contributed by atoms with Crippen LogP contribution in [0, 0.1) is 0 Å². The van der Waals surface area contributed by atoms with E-state index in [4.69, 9.17) is 9.47 Å². The summed E-state index contributed by atoms with van der Waals surface area (Å²) in [6, 6.07) is 20.8. The van der Waals surface area contributed by atoms with Crippen LogP contribution in [0.2, 0.25) is 0 Å². The second kappa shape index (κ2) is 11.2. The van der Waals surface area contributed by atoms with E-state index in [0.717, 1.165) is 10.3 Å². The Morgan fingerprint density at radius 2 is 1.77 bits per heavy atom. The number of fused-ring (bicyclic) bond motifs is 1. The number of nitrogens with zero attached hydrogens (tertiary/aromatic N) is 4. The molecule has 2 unspecified atom stereocenters. The average Bonchev–Trinajstić information content (AvgIpc) is 3.36. The summed E-state index contributed by atoms with van der Waals surface area (Å²) in [5.41, 5.74) is 1.80. The van der Waals surface area contributed by atoms with Gasteiger partial charge < -0.3 is 9.47 Å². The summed E-state index contributed by atoms with van der Waals surface area (Å²) in [6.45, 7) is 4.25. The Morgan fingerprint density at radius 1 is 1.08 bits per heavy atom. The predicted octanol–water partition coefficient (Wildman–Crippen LogP) is 4.78. The molecule has 1 saturated heterocycles. The summed E-state index contributed by atoms with van der Waals surface area (Å²) in [7, 11) is -2.15. The Morgan fingerprint density at radius 3 is 2.44 bits per heavy atom. The summed E-state index contributed by atoms with van der Waals surface area (Å²) < 4.78 is 39.8. The van der Waals surface area contributed by atoms with Crippen molar-refractivity contribution in [2.75, 3.05) is 25.2 Å². The van der Waals surface area contributed by atoms with E-state index in [-0.39, 0.29) is 35.8 Å². The van der Waals surface area contributed by atoms with Gasteiger partial charge >= 0.3 is 0 Å². The Hall–Kier alpha value is -3.64. The number of rotatable bonds is 7. The maximum atomic E-state index is 13.7. The van der Waals surface area contributed by atoms with E-state index in [1.54, 1.807) is 19.4 Å². The first-order chi connectivity index (χ1) is 18.7. The number of methoxy groups -OCH3 is 1. The van der Waals surface area contributed by atoms with E-state index < -0.39 is 15.9 Å². The van der Waals surface area contributed by atoms with Crippen molar-refractivity contribution in [2.24, 2.45) is 5.10 Å². The molecule has 4 aromatic rings. The molecule has 0 N–H and O–H groups in total. The lowest BCUT2D eigenvalue weighted by atomic mass is 10.2. The van der Waals surface area contributed by atoms with Crippen LogP contribution in [-0.4, -0.2) is 62.2 Å². The normalized spacial score (nSPS) is 18.4. The second-order valence-corrected chi connectivity index (χ2v) is 12.2. The highest BCUT2D eigenvalue weighted by molar-refractivity contribution is 7.89. The van der Waals surface area contributed by atoms with Crippen LogP contribution < -0.4 is 9.75 Å². The van der Waals surface area contributed by atoms with Crippen molar-refractivity contribution in [2.45, 2.75) is 31.0 Å². The molecular weight excluding hydrogens is 536 g/mol. The lowest BCUT2D eigenvalue weighted by Gasteiger charge is -2.34. The number of morpholine rings is 1. The number of sulfonamides is 1. The van der Waals surface area contributed by atoms with Crippen LogP contribution in [0.1, 0.15) is 29.8 Å². The van der Waals surface area contributed by atoms with Gasteiger partial charge in [-0.15, -0.1) is 0 Å². The maximum Gasteiger partial charge on any atom is 0.280 e. The van der Waals surface area contributed by atoms with Gasteiger partial charge in [0.15, 0.2) is 0 Å². The van der Waals surface area contributed by atoms with E-state index in [1.165, 1.54) is 44.9 Å². The number of ether oxygens (including phenoxy) is 2. The number of hydrazone groups is 1. The fourth-order valence-corrected chi connectivity index (χ4v) is 6.87. The minimum absolute atomic E-state index is 0.117. The molecule has 0 aliphatic carbocycles. The van der Waals surface area contributed by atoms with Crippen molar-refractivity contribution in [3.63, 3.8) is 0 Å². The molecule has 9 nitrogen and oxygen atoms in total. The minimum Gasteiger partial charge on any atom is -0.497 e. The third kappa shape index (κ3) is 5.86. The number of aromatic nitrogens is 1. The van der Waals surface area contributed by atoms with E-state index in [1.807, 2.05) is 56.3 Å². The number of hydrogen-bond donors (Lipinski definition) is 0. The third-order valence-electron chi connectivity index (χ3n) is 6.20. The summed E-state index contributed by atoms with van der Waals surface area (Å²) >= 11 is 1.31. The van der Waals surface area contributed by atoms with Crippen molar-refractivity contribution in [1.29, 1.82) is 0 Å². The van der Waals surface area contributed by atoms with Gasteiger partial charge in [-0.25, -0.2) is 13.4 Å². The number of carbonyl (C=O) groups is 1. The van der Waals surface area contributed by atoms with Crippen LogP contribution in [0.5, 0.6) is 5.75 Å². The molecule has 1 fully saturated rings. The Bertz CT molecular complexity index is 1590. The highest BCUT2D eigenvalue weighted by atomic mass is 32.2. The lowest BCUT2D eigenvalue weighted by Crippen LogP contribution is -2.48. The molecular formula is C28H28N4O5S2. The first-order valence-electron chi connectivity index (χ1n) is 12.4. The molecule has 11 heteroatoms. The zero-order valence-corrected chi connectivity index (χ0v) is 23.4. The number of hydrogen-bond acceptors (Lipinski definition) is 8. The van der Waals surface area contributed by atoms with Crippen molar-refractivity contribution in [3.8, 4) is 5.75 Å². The summed E-state index contributed by atoms with van der Waals surface area (Å²) in [5.74, 6) is 0.245. The van der Waals surface area contributed by atoms with Crippen molar-refractivity contribution in [1.82, 2.24) is 9.29 Å². The fraction of sp³-hybridized carbons (Fsp3) is 0.250. The minimum atomic E-state index is -3.74. The van der Waals surface area contributed by atoms with Gasteiger partial charge in [0, 0.05) is 18.7 Å². The first-order valence-corrected chi connectivity index (χ1v) is 14.6. The smallest absolute Gasteiger partial charge is 0.280 e. The van der Waals surface area contributed by atoms with Crippen LogP contribution in [0.4, 0.5) is 5.13 Å². The molecule has 39 heavy (non-hydrogen) atoms. The van der Waals surface area contributed by atoms with E-state index in [2.05, 4.69) is 10.1 Å². The number of anilines is 1. The number of thiazole rings is 1. The molecule has 2 atom stereocenters. The van der Waals surface area contributed by atoms with Gasteiger partial charge in [0.05, 0.1) is 40.6 Å². The Labute approximate surface area is 231 Å². The highest BCUT2D eigenvalue weighted by Crippen LogP contribution is 2.32. The molecule has 1 aliphatic rings. The summed E-state index contributed by atoms with van der Waals surface area (Å²) in [4.78, 5) is 18.4. The molecule has 5 rings (SSSR count). The van der Waals surface area contributed by atoms with Crippen molar-refractivity contribution >= 4 is 48.8 Å². The second-order valence-electron chi connectivity index (χ2n) is 9.21. The van der Waals surface area contributed by atoms with Crippen LogP contribution in [0.25, 0.3) is 10.2 Å². The van der Waals surface area contributed by atoms with Gasteiger partial charge in [0.25, 0.3) is 5.91 Å². The van der Waals surface area contributed by atoms with E-state index >= 15 is 0 Å². The monoisotopic (exact) mass is 564 g/mol. The average molecular weight is 565 g/mol. The molecule has 1 aliphatic heterocycles. The SMILES string of the molecule is COc1ccc2nc(N(/N=C/c3ccccc3)C(=O)c3ccc(S(=O)(=O)N4CC(C)OC(C)C4)cc3)sc2c1. The molecule has 1 aromatic heterocycles. The predicted molar refractivity (Wildman–Crippen MR) is 152 cm³/mol. The molecule has 202 valence electrons. The van der Waals surface area contributed by atoms with Crippen molar-refractivity contribution in [3.05, 3.63) is 83.9 Å². The largest absolute Gasteiger partial charge is 0.497 e. The number of benzene rings is 3. The molecule has 0 radical (unpaired) electrons. The Balaban J connectivity index is 1.46. The molecule has 2 heterocycles. The molecule has 0 spiro atoms. The van der Waals surface area contributed by atoms with E-state index in [0.29, 0.717) is 16.4 Å². The van der Waals surface area contributed by atoms with Gasteiger partial charge in [-0.1, -0.05) is 41.7 Å². The lowest BCUT2D eigenvalue weighted by molar-refractivity contribution is -0.0440. The molecule has 0 saturated carbocycles. The fourth-order valence-electron chi connectivity index (χ4n) is 4.33. The van der Waals surface area contributed by atoms with Gasteiger partial charge in [0.1, 0.15) is 5.75 Å². The molecule has 3 aromatic carbocycles. The van der Waals surface area contributed by atoms with Gasteiger partial charge in [-0.05, 0) is 61.9 Å². The standard InChI is InChI=1S/C28H28N4O5S2/c1-19-17-31(18-20(2)37-19)39(34,35)24-12-9-22(10-13-24)27(33)32(29-16-21-7-5-4-6-8-21)28-30-25-14-11-23(36-3)15-26(25)38-28/h4-16,19-20H,17-18H2,1-3H3/b29-16+. The quantitative estimate of drug-likeness (QED) is 0.236. The van der Waals surface area contributed by atoms with Gasteiger partial charge in [0.2, 0.25) is 15.2 Å². The van der Waals surface area contributed by atoms with Crippen molar-refractivity contribution < 1.29 is 22.7 Å². The highest BCUT2D eigenvalue weighted by Gasteiger charge is 2.32. The first kappa shape index (κ1) is 26.9. The van der Waals surface area contributed by atoms with Gasteiger partial charge in [-0.3, -0.25) is 4.79 Å². The van der Waals surface area contributed by atoms with Gasteiger partial charge in [-0.2, -0.15) is 14.4 Å². The summed E-state index contributed by atoms with van der Waals surface area (Å²) in [5, 5.41) is 6.09. The maximum absolute atomic E-state index is 13.7. The number of amides is 1. The van der Waals surface area contributed by atoms with Crippen LogP contribution in [0.3, 0.4) is 0 Å². The van der Waals surface area contributed by atoms with Crippen LogP contribution >= 0.6 is 11.3 Å². The third-order valence-corrected chi connectivity index (χ3v) is 9.04. The zero-order valence-electron chi connectivity index (χ0n) is 21.7.